The van der Waals surface area contributed by atoms with Crippen molar-refractivity contribution in [1.82, 2.24) is 9.55 Å². The molecule has 6 nitrogen and oxygen atoms in total. The third-order valence-corrected chi connectivity index (χ3v) is 6.17. The van der Waals surface area contributed by atoms with Gasteiger partial charge in [0, 0.05) is 29.6 Å². The van der Waals surface area contributed by atoms with Crippen molar-refractivity contribution in [3.63, 3.8) is 0 Å². The summed E-state index contributed by atoms with van der Waals surface area (Å²) >= 11 is 6.16. The molecule has 2 heterocycles. The number of carbonyl (C=O) groups excluding carboxylic acids is 1. The summed E-state index contributed by atoms with van der Waals surface area (Å²) < 4.78 is 13.6. The number of fused-ring (bicyclic) bond motifs is 1. The predicted molar refractivity (Wildman–Crippen MR) is 129 cm³/mol. The van der Waals surface area contributed by atoms with Gasteiger partial charge >= 0.3 is 0 Å². The molecule has 0 saturated carbocycles. The minimum Gasteiger partial charge on any atom is -0.493 e. The molecule has 0 bridgehead atoms. The van der Waals surface area contributed by atoms with Gasteiger partial charge in [0.05, 0.1) is 24.7 Å². The summed E-state index contributed by atoms with van der Waals surface area (Å²) in [5, 5.41) is 0.615. The van der Waals surface area contributed by atoms with Crippen LogP contribution >= 0.6 is 11.6 Å². The number of rotatable bonds is 7. The lowest BCUT2D eigenvalue weighted by Gasteiger charge is -2.18. The van der Waals surface area contributed by atoms with E-state index in [1.165, 1.54) is 0 Å². The van der Waals surface area contributed by atoms with Gasteiger partial charge < -0.3 is 18.9 Å². The fourth-order valence-electron chi connectivity index (χ4n) is 4.40. The number of hydrogen-bond donors (Lipinski definition) is 0. The lowest BCUT2D eigenvalue weighted by molar-refractivity contribution is -0.117. The largest absolute Gasteiger partial charge is 0.493 e. The summed E-state index contributed by atoms with van der Waals surface area (Å²) in [4.78, 5) is 19.6. The van der Waals surface area contributed by atoms with Crippen LogP contribution in [0.15, 0.2) is 72.8 Å². The Hall–Kier alpha value is -3.51. The molecule has 3 aromatic carbocycles. The van der Waals surface area contributed by atoms with Crippen molar-refractivity contribution in [2.24, 2.45) is 0 Å². The number of hydrogen-bond acceptors (Lipinski definition) is 4. The molecule has 168 valence electrons. The summed E-state index contributed by atoms with van der Waals surface area (Å²) in [7, 11) is 1.63. The van der Waals surface area contributed by atoms with E-state index >= 15 is 0 Å². The van der Waals surface area contributed by atoms with Crippen LogP contribution < -0.4 is 14.4 Å². The van der Waals surface area contributed by atoms with Crippen molar-refractivity contribution in [2.75, 3.05) is 25.2 Å². The molecule has 33 heavy (non-hydrogen) atoms. The van der Waals surface area contributed by atoms with Gasteiger partial charge in [-0.1, -0.05) is 41.9 Å². The topological polar surface area (TPSA) is 56.6 Å². The van der Waals surface area contributed by atoms with Crippen molar-refractivity contribution in [3.8, 4) is 11.5 Å². The smallest absolute Gasteiger partial charge is 0.227 e. The molecule has 1 amide bonds. The molecule has 0 spiro atoms. The molecule has 1 aliphatic rings. The number of benzene rings is 3. The normalized spacial score (nSPS) is 15.9. The van der Waals surface area contributed by atoms with Crippen LogP contribution in [-0.4, -0.2) is 35.7 Å². The zero-order valence-electron chi connectivity index (χ0n) is 18.3. The number of aromatic nitrogens is 2. The number of ether oxygens (including phenoxy) is 2. The molecule has 1 saturated heterocycles. The highest BCUT2D eigenvalue weighted by Gasteiger charge is 2.34. The van der Waals surface area contributed by atoms with Gasteiger partial charge in [-0.15, -0.1) is 0 Å². The number of anilines is 1. The lowest BCUT2D eigenvalue weighted by Crippen LogP contribution is -2.24. The first kappa shape index (κ1) is 21.3. The van der Waals surface area contributed by atoms with Gasteiger partial charge in [-0.25, -0.2) is 4.98 Å². The molecule has 7 heteroatoms. The number of carbonyl (C=O) groups is 1. The first-order chi connectivity index (χ1) is 16.1. The maximum atomic E-state index is 12.9. The van der Waals surface area contributed by atoms with Crippen LogP contribution in [0, 0.1) is 0 Å². The first-order valence-corrected chi connectivity index (χ1v) is 11.3. The van der Waals surface area contributed by atoms with Crippen molar-refractivity contribution >= 4 is 34.2 Å². The first-order valence-electron chi connectivity index (χ1n) is 10.9. The number of methoxy groups -OCH3 is 1. The Balaban J connectivity index is 1.41. The zero-order valence-corrected chi connectivity index (χ0v) is 19.0. The molecular weight excluding hydrogens is 438 g/mol. The highest BCUT2D eigenvalue weighted by Crippen LogP contribution is 2.34. The Morgan fingerprint density at radius 1 is 1.03 bits per heavy atom. The van der Waals surface area contributed by atoms with Crippen LogP contribution in [0.5, 0.6) is 11.5 Å². The third kappa shape index (κ3) is 4.26. The molecule has 5 rings (SSSR count). The van der Waals surface area contributed by atoms with Crippen molar-refractivity contribution in [2.45, 2.75) is 18.9 Å². The second-order valence-electron chi connectivity index (χ2n) is 7.99. The van der Waals surface area contributed by atoms with E-state index in [-0.39, 0.29) is 11.8 Å². The molecule has 1 fully saturated rings. The van der Waals surface area contributed by atoms with Gasteiger partial charge in [0.1, 0.15) is 12.4 Å². The van der Waals surface area contributed by atoms with Crippen molar-refractivity contribution in [1.29, 1.82) is 0 Å². The van der Waals surface area contributed by atoms with E-state index < -0.39 is 0 Å². The monoisotopic (exact) mass is 461 g/mol. The number of para-hydroxylation sites is 4. The van der Waals surface area contributed by atoms with Crippen LogP contribution in [0.3, 0.4) is 0 Å². The van der Waals surface area contributed by atoms with E-state index in [0.717, 1.165) is 22.5 Å². The molecule has 1 atom stereocenters. The number of amides is 1. The summed E-state index contributed by atoms with van der Waals surface area (Å²) in [5.41, 5.74) is 2.76. The van der Waals surface area contributed by atoms with E-state index in [1.807, 2.05) is 66.7 Å². The maximum Gasteiger partial charge on any atom is 0.227 e. The highest BCUT2D eigenvalue weighted by molar-refractivity contribution is 6.30. The molecule has 1 aliphatic heterocycles. The molecule has 0 radical (unpaired) electrons. The quantitative estimate of drug-likeness (QED) is 0.375. The number of halogens is 1. The van der Waals surface area contributed by atoms with Crippen molar-refractivity contribution in [3.05, 3.63) is 83.6 Å². The zero-order chi connectivity index (χ0) is 22.8. The van der Waals surface area contributed by atoms with Gasteiger partial charge in [-0.3, -0.25) is 4.79 Å². The minimum absolute atomic E-state index is 0.0184. The van der Waals surface area contributed by atoms with E-state index in [4.69, 9.17) is 26.1 Å². The fourth-order valence-corrected chi connectivity index (χ4v) is 4.58. The average Bonchev–Trinajstić information content (AvgIpc) is 3.40. The van der Waals surface area contributed by atoms with Crippen LogP contribution in [0.25, 0.3) is 11.0 Å². The second kappa shape index (κ2) is 9.16. The van der Waals surface area contributed by atoms with Crippen molar-refractivity contribution < 1.29 is 14.3 Å². The Morgan fingerprint density at radius 2 is 1.82 bits per heavy atom. The van der Waals surface area contributed by atoms with Gasteiger partial charge in [0.15, 0.2) is 11.5 Å². The minimum atomic E-state index is -0.0184. The maximum absolute atomic E-state index is 12.9. The van der Waals surface area contributed by atoms with E-state index in [2.05, 4.69) is 10.6 Å². The summed E-state index contributed by atoms with van der Waals surface area (Å²) in [6.07, 6.45) is 0.406. The Kier molecular flexibility index (Phi) is 5.92. The van der Waals surface area contributed by atoms with Crippen LogP contribution in [0.1, 0.15) is 18.2 Å². The lowest BCUT2D eigenvalue weighted by atomic mass is 10.1. The standard InChI is InChI=1S/C26H24ClN3O3/c1-32-23-11-4-5-12-24(23)33-14-13-29-22-10-3-2-9-21(22)28-26(29)18-15-25(31)30(17-18)20-8-6-7-19(27)16-20/h2-12,16,18H,13-15,17H2,1H3/t18-/m1/s1. The van der Waals surface area contributed by atoms with Crippen LogP contribution in [0.2, 0.25) is 5.02 Å². The van der Waals surface area contributed by atoms with Gasteiger partial charge in [0.25, 0.3) is 0 Å². The highest BCUT2D eigenvalue weighted by atomic mass is 35.5. The van der Waals surface area contributed by atoms with E-state index in [9.17, 15) is 4.79 Å². The van der Waals surface area contributed by atoms with Crippen LogP contribution in [-0.2, 0) is 11.3 Å². The summed E-state index contributed by atoms with van der Waals surface area (Å²) in [5.74, 6) is 2.36. The number of nitrogens with zero attached hydrogens (tertiary/aromatic N) is 3. The molecular formula is C26H24ClN3O3. The van der Waals surface area contributed by atoms with Crippen LogP contribution in [0.4, 0.5) is 5.69 Å². The molecule has 0 N–H and O–H groups in total. The average molecular weight is 462 g/mol. The molecule has 0 unspecified atom stereocenters. The van der Waals surface area contributed by atoms with E-state index in [0.29, 0.717) is 42.6 Å². The molecule has 1 aromatic heterocycles. The summed E-state index contributed by atoms with van der Waals surface area (Å²) in [6, 6.07) is 23.1. The Bertz CT molecular complexity index is 1300. The van der Waals surface area contributed by atoms with Gasteiger partial charge in [-0.2, -0.15) is 0 Å². The molecule has 4 aromatic rings. The van der Waals surface area contributed by atoms with Gasteiger partial charge in [0.2, 0.25) is 5.91 Å². The van der Waals surface area contributed by atoms with E-state index in [1.54, 1.807) is 12.0 Å². The van der Waals surface area contributed by atoms with Gasteiger partial charge in [-0.05, 0) is 42.5 Å². The Morgan fingerprint density at radius 3 is 2.64 bits per heavy atom. The number of imidazole rings is 1. The SMILES string of the molecule is COc1ccccc1OCCn1c([C@@H]2CC(=O)N(c3cccc(Cl)c3)C2)nc2ccccc21. The summed E-state index contributed by atoms with van der Waals surface area (Å²) in [6.45, 7) is 1.62. The molecule has 0 aliphatic carbocycles. The Labute approximate surface area is 197 Å². The third-order valence-electron chi connectivity index (χ3n) is 5.94. The predicted octanol–water partition coefficient (Wildman–Crippen LogP) is 5.30. The fraction of sp³-hybridized carbons (Fsp3) is 0.231. The second-order valence-corrected chi connectivity index (χ2v) is 8.43.